The van der Waals surface area contributed by atoms with E-state index in [0.29, 0.717) is 15.7 Å². The molecule has 1 aliphatic heterocycles. The first kappa shape index (κ1) is 17.6. The summed E-state index contributed by atoms with van der Waals surface area (Å²) in [6.45, 7) is 1.25. The van der Waals surface area contributed by atoms with Crippen molar-refractivity contribution in [1.82, 2.24) is 4.90 Å². The van der Waals surface area contributed by atoms with Gasteiger partial charge in [0.15, 0.2) is 0 Å². The zero-order valence-electron chi connectivity index (χ0n) is 11.8. The minimum Gasteiger partial charge on any atom is -0.395 e. The molecule has 0 atom stereocenters. The van der Waals surface area contributed by atoms with E-state index in [1.165, 1.54) is 0 Å². The molecule has 8 nitrogen and oxygen atoms in total. The summed E-state index contributed by atoms with van der Waals surface area (Å²) in [6.07, 6.45) is 1.09. The van der Waals surface area contributed by atoms with E-state index in [2.05, 4.69) is 37.2 Å². The highest BCUT2D eigenvalue weighted by Gasteiger charge is 2.32. The van der Waals surface area contributed by atoms with E-state index in [0.717, 1.165) is 11.0 Å². The molecule has 2 N–H and O–H groups in total. The number of halogens is 2. The Bertz CT molecular complexity index is 748. The molecule has 0 unspecified atom stereocenters. The van der Waals surface area contributed by atoms with Crippen molar-refractivity contribution in [2.24, 2.45) is 0 Å². The number of benzene rings is 1. The lowest BCUT2D eigenvalue weighted by Gasteiger charge is -2.15. The monoisotopic (exact) mass is 447 g/mol. The number of rotatable bonds is 5. The molecule has 2 rings (SSSR count). The lowest BCUT2D eigenvalue weighted by Crippen LogP contribution is -2.34. The lowest BCUT2D eigenvalue weighted by molar-refractivity contribution is -0.386. The van der Waals surface area contributed by atoms with E-state index in [1.807, 2.05) is 0 Å². The minimum atomic E-state index is -0.596. The van der Waals surface area contributed by atoms with Crippen molar-refractivity contribution in [1.29, 1.82) is 0 Å². The van der Waals surface area contributed by atoms with Crippen LogP contribution in [0.25, 0.3) is 0 Å². The molecule has 0 aliphatic carbocycles. The largest absolute Gasteiger partial charge is 0.395 e. The number of hydrogen-bond donors (Lipinski definition) is 2. The van der Waals surface area contributed by atoms with Gasteiger partial charge in [-0.3, -0.25) is 24.6 Å². The predicted octanol–water partition coefficient (Wildman–Crippen LogP) is 2.09. The number of carbonyl (C=O) groups is 2. The van der Waals surface area contributed by atoms with Crippen molar-refractivity contribution in [3.8, 4) is 0 Å². The fourth-order valence-electron chi connectivity index (χ4n) is 2.09. The molecule has 0 fully saturated rings. The van der Waals surface area contributed by atoms with Crippen molar-refractivity contribution in [2.75, 3.05) is 18.5 Å². The highest BCUT2D eigenvalue weighted by molar-refractivity contribution is 9.11. The average Bonchev–Trinajstić information content (AvgIpc) is 2.70. The number of β-amino-alcohol motifs (C(OH)–C–C–N with tert-alkyl or cyclic N) is 1. The first-order valence-corrected chi connectivity index (χ1v) is 7.95. The van der Waals surface area contributed by atoms with E-state index in [-0.39, 0.29) is 29.0 Å². The summed E-state index contributed by atoms with van der Waals surface area (Å²) in [5.41, 5.74) is 0.751. The number of imide groups is 1. The Morgan fingerprint density at radius 3 is 2.61 bits per heavy atom. The third kappa shape index (κ3) is 3.28. The van der Waals surface area contributed by atoms with Crippen molar-refractivity contribution >= 4 is 55.0 Å². The number of nitro groups is 1. The number of nitrogens with zero attached hydrogens (tertiary/aromatic N) is 2. The summed E-state index contributed by atoms with van der Waals surface area (Å²) in [5.74, 6) is -1.15. The van der Waals surface area contributed by atoms with E-state index in [9.17, 15) is 19.7 Å². The van der Waals surface area contributed by atoms with Gasteiger partial charge in [-0.2, -0.15) is 0 Å². The molecular weight excluding hydrogens is 438 g/mol. The number of anilines is 1. The molecule has 0 saturated heterocycles. The van der Waals surface area contributed by atoms with Gasteiger partial charge < -0.3 is 10.4 Å². The highest BCUT2D eigenvalue weighted by atomic mass is 79.9. The summed E-state index contributed by atoms with van der Waals surface area (Å²) in [6, 6.07) is 1.54. The van der Waals surface area contributed by atoms with Crippen molar-refractivity contribution in [3.05, 3.63) is 42.5 Å². The van der Waals surface area contributed by atoms with Crippen LogP contribution in [0.1, 0.15) is 5.56 Å². The average molecular weight is 449 g/mol. The molecule has 1 heterocycles. The number of nitro benzene ring substituents is 1. The van der Waals surface area contributed by atoms with Crippen molar-refractivity contribution in [3.63, 3.8) is 0 Å². The van der Waals surface area contributed by atoms with Crippen LogP contribution in [0.4, 0.5) is 11.4 Å². The van der Waals surface area contributed by atoms with Gasteiger partial charge in [0.05, 0.1) is 28.2 Å². The molecule has 23 heavy (non-hydrogen) atoms. The Morgan fingerprint density at radius 1 is 1.39 bits per heavy atom. The van der Waals surface area contributed by atoms with Gasteiger partial charge in [0.1, 0.15) is 10.2 Å². The number of amides is 2. The molecule has 0 spiro atoms. The van der Waals surface area contributed by atoms with Crippen LogP contribution in [0, 0.1) is 17.0 Å². The van der Waals surface area contributed by atoms with Gasteiger partial charge in [-0.15, -0.1) is 0 Å². The molecule has 1 aliphatic rings. The Hall–Kier alpha value is -1.78. The van der Waals surface area contributed by atoms with Gasteiger partial charge >= 0.3 is 0 Å². The van der Waals surface area contributed by atoms with E-state index in [1.54, 1.807) is 13.0 Å². The topological polar surface area (TPSA) is 113 Å². The van der Waals surface area contributed by atoms with Crippen LogP contribution in [0.2, 0.25) is 0 Å². The second kappa shape index (κ2) is 6.77. The first-order chi connectivity index (χ1) is 10.8. The zero-order valence-corrected chi connectivity index (χ0v) is 15.0. The van der Waals surface area contributed by atoms with Crippen LogP contribution in [0.15, 0.2) is 26.8 Å². The van der Waals surface area contributed by atoms with Gasteiger partial charge in [-0.05, 0) is 50.4 Å². The van der Waals surface area contributed by atoms with E-state index >= 15 is 0 Å². The molecule has 1 aromatic rings. The summed E-state index contributed by atoms with van der Waals surface area (Å²) in [4.78, 5) is 35.3. The van der Waals surface area contributed by atoms with Crippen LogP contribution in [-0.2, 0) is 9.59 Å². The molecule has 0 bridgehead atoms. The van der Waals surface area contributed by atoms with E-state index < -0.39 is 16.7 Å². The molecule has 0 radical (unpaired) electrons. The molecule has 0 aromatic heterocycles. The SMILES string of the molecule is Cc1cc(Br)c([N+](=O)[O-])c(Br)c1NC1=CC(=O)N(CCO)C1=O. The van der Waals surface area contributed by atoms with Crippen LogP contribution in [0.5, 0.6) is 0 Å². The number of aryl methyl sites for hydroxylation is 1. The highest BCUT2D eigenvalue weighted by Crippen LogP contribution is 2.41. The molecule has 2 amide bonds. The standard InChI is InChI=1S/C13H11Br2N3O5/c1-6-4-7(14)12(18(22)23)10(15)11(6)16-8-5-9(20)17(2-3-19)13(8)21/h4-5,16,19H,2-3H2,1H3. The Labute approximate surface area is 147 Å². The van der Waals surface area contributed by atoms with Gasteiger partial charge in [-0.1, -0.05) is 0 Å². The molecule has 122 valence electrons. The quantitative estimate of drug-likeness (QED) is 0.405. The molecular formula is C13H11Br2N3O5. The van der Waals surface area contributed by atoms with Gasteiger partial charge in [-0.25, -0.2) is 0 Å². The predicted molar refractivity (Wildman–Crippen MR) is 88.7 cm³/mol. The molecule has 0 saturated carbocycles. The van der Waals surface area contributed by atoms with Gasteiger partial charge in [0.25, 0.3) is 17.5 Å². The van der Waals surface area contributed by atoms with Crippen LogP contribution < -0.4 is 5.32 Å². The maximum absolute atomic E-state index is 12.1. The summed E-state index contributed by atoms with van der Waals surface area (Å²) in [7, 11) is 0. The van der Waals surface area contributed by atoms with Crippen LogP contribution >= 0.6 is 31.9 Å². The fourth-order valence-corrected chi connectivity index (χ4v) is 3.81. The zero-order chi connectivity index (χ0) is 17.3. The Kier molecular flexibility index (Phi) is 5.17. The maximum atomic E-state index is 12.1. The fraction of sp³-hybridized carbons (Fsp3) is 0.231. The number of hydrogen-bond acceptors (Lipinski definition) is 6. The van der Waals surface area contributed by atoms with Crippen molar-refractivity contribution in [2.45, 2.75) is 6.92 Å². The number of carbonyl (C=O) groups excluding carboxylic acids is 2. The maximum Gasteiger partial charge on any atom is 0.299 e. The summed E-state index contributed by atoms with van der Waals surface area (Å²) >= 11 is 6.29. The van der Waals surface area contributed by atoms with E-state index in [4.69, 9.17) is 5.11 Å². The minimum absolute atomic E-state index is 0.0103. The first-order valence-electron chi connectivity index (χ1n) is 6.36. The Balaban J connectivity index is 2.40. The van der Waals surface area contributed by atoms with Crippen LogP contribution in [-0.4, -0.2) is 39.9 Å². The molecule has 1 aromatic carbocycles. The van der Waals surface area contributed by atoms with Gasteiger partial charge in [0, 0.05) is 6.08 Å². The third-order valence-corrected chi connectivity index (χ3v) is 4.54. The van der Waals surface area contributed by atoms with Crippen molar-refractivity contribution < 1.29 is 19.6 Å². The van der Waals surface area contributed by atoms with Gasteiger partial charge in [0.2, 0.25) is 0 Å². The Morgan fingerprint density at radius 2 is 2.04 bits per heavy atom. The summed E-state index contributed by atoms with van der Waals surface area (Å²) < 4.78 is 0.457. The van der Waals surface area contributed by atoms with Crippen LogP contribution in [0.3, 0.4) is 0 Å². The number of aliphatic hydroxyl groups excluding tert-OH is 1. The second-order valence-corrected chi connectivity index (χ2v) is 6.32. The normalized spacial score (nSPS) is 14.3. The number of aliphatic hydroxyl groups is 1. The lowest BCUT2D eigenvalue weighted by atomic mass is 10.1. The molecule has 10 heteroatoms. The second-order valence-electron chi connectivity index (χ2n) is 4.67. The third-order valence-electron chi connectivity index (χ3n) is 3.17. The smallest absolute Gasteiger partial charge is 0.299 e. The summed E-state index contributed by atoms with van der Waals surface area (Å²) in [5, 5.41) is 22.8. The number of nitrogens with one attached hydrogen (secondary N) is 1.